The number of carbonyl (C=O) groups is 1. The quantitative estimate of drug-likeness (QED) is 0.438. The molecule has 1 saturated carbocycles. The molecule has 0 atom stereocenters. The zero-order valence-corrected chi connectivity index (χ0v) is 4.37. The van der Waals surface area contributed by atoms with Gasteiger partial charge in [-0.1, -0.05) is 0 Å². The molecule has 1 aliphatic rings. The maximum Gasteiger partial charge on any atom is 0.455 e. The largest absolute Gasteiger partial charge is 0.455 e. The van der Waals surface area contributed by atoms with Crippen molar-refractivity contribution in [1.29, 1.82) is 0 Å². The Bertz CT molecular complexity index is 104. The third kappa shape index (κ3) is 0.902. The lowest BCUT2D eigenvalue weighted by Crippen LogP contribution is -2.32. The van der Waals surface area contributed by atoms with Crippen LogP contribution in [0.15, 0.2) is 0 Å². The average molecular weight is 114 g/mol. The van der Waals surface area contributed by atoms with Gasteiger partial charge >= 0.3 is 7.12 Å². The van der Waals surface area contributed by atoms with Gasteiger partial charge in [0.05, 0.1) is 0 Å². The molecule has 1 fully saturated rings. The van der Waals surface area contributed by atoms with Gasteiger partial charge in [-0.15, -0.1) is 0 Å². The lowest BCUT2D eigenvalue weighted by atomic mass is 9.60. The Hall–Kier alpha value is -0.345. The molecule has 1 rings (SSSR count). The van der Waals surface area contributed by atoms with Crippen LogP contribution in [-0.2, 0) is 4.79 Å². The van der Waals surface area contributed by atoms with E-state index in [1.807, 2.05) is 0 Å². The fraction of sp³-hybridized carbons (Fsp3) is 0.750. The van der Waals surface area contributed by atoms with Crippen LogP contribution in [0.3, 0.4) is 0 Å². The molecule has 1 aliphatic carbocycles. The van der Waals surface area contributed by atoms with E-state index in [-0.39, 0.29) is 11.6 Å². The molecular weight excluding hydrogens is 107 g/mol. The molecule has 0 aromatic carbocycles. The molecule has 0 unspecified atom stereocenters. The van der Waals surface area contributed by atoms with Crippen molar-refractivity contribution in [1.82, 2.24) is 0 Å². The van der Waals surface area contributed by atoms with Crippen molar-refractivity contribution in [2.24, 2.45) is 0 Å². The van der Waals surface area contributed by atoms with Crippen molar-refractivity contribution < 1.29 is 14.8 Å². The van der Waals surface area contributed by atoms with E-state index in [2.05, 4.69) is 0 Å². The van der Waals surface area contributed by atoms with E-state index in [4.69, 9.17) is 10.0 Å². The molecule has 4 heteroatoms. The predicted molar refractivity (Wildman–Crippen MR) is 28.2 cm³/mol. The first-order valence-electron chi connectivity index (χ1n) is 2.58. The summed E-state index contributed by atoms with van der Waals surface area (Å²) in [4.78, 5) is 10.2. The SMILES string of the molecule is O=C1CC(B(O)O)C1. The molecule has 8 heavy (non-hydrogen) atoms. The summed E-state index contributed by atoms with van der Waals surface area (Å²) in [6.07, 6.45) is 0.690. The van der Waals surface area contributed by atoms with Crippen LogP contribution in [0.5, 0.6) is 0 Å². The Morgan fingerprint density at radius 2 is 2.00 bits per heavy atom. The summed E-state index contributed by atoms with van der Waals surface area (Å²) in [5, 5.41) is 16.8. The number of ketones is 1. The van der Waals surface area contributed by atoms with Gasteiger partial charge in [0.15, 0.2) is 0 Å². The zero-order valence-electron chi connectivity index (χ0n) is 4.37. The van der Waals surface area contributed by atoms with Crippen LogP contribution in [0.4, 0.5) is 0 Å². The number of rotatable bonds is 1. The van der Waals surface area contributed by atoms with Gasteiger partial charge in [-0.25, -0.2) is 0 Å². The van der Waals surface area contributed by atoms with Gasteiger partial charge in [0.25, 0.3) is 0 Å². The molecule has 0 amide bonds. The van der Waals surface area contributed by atoms with Crippen LogP contribution >= 0.6 is 0 Å². The van der Waals surface area contributed by atoms with Crippen molar-refractivity contribution >= 4 is 12.9 Å². The predicted octanol–water partition coefficient (Wildman–Crippen LogP) is -0.808. The van der Waals surface area contributed by atoms with Gasteiger partial charge in [-0.2, -0.15) is 0 Å². The summed E-state index contributed by atoms with van der Waals surface area (Å²) in [7, 11) is -1.28. The van der Waals surface area contributed by atoms with E-state index in [1.165, 1.54) is 0 Å². The van der Waals surface area contributed by atoms with Crippen LogP contribution in [0.25, 0.3) is 0 Å². The Kier molecular flexibility index (Phi) is 1.36. The minimum absolute atomic E-state index is 0.128. The summed E-state index contributed by atoms with van der Waals surface area (Å²) < 4.78 is 0. The standard InChI is InChI=1S/C4H7BO3/c6-4-1-3(2-4)5(7)8/h3,7-8H,1-2H2. The second-order valence-electron chi connectivity index (χ2n) is 2.12. The van der Waals surface area contributed by atoms with Crippen molar-refractivity contribution in [3.63, 3.8) is 0 Å². The molecule has 0 aromatic rings. The Morgan fingerprint density at radius 3 is 2.12 bits per heavy atom. The van der Waals surface area contributed by atoms with Crippen LogP contribution in [0.1, 0.15) is 12.8 Å². The van der Waals surface area contributed by atoms with Gasteiger partial charge in [-0.05, 0) is 0 Å². The highest BCUT2D eigenvalue weighted by Crippen LogP contribution is 2.29. The first-order chi connectivity index (χ1) is 3.70. The molecule has 3 nitrogen and oxygen atoms in total. The van der Waals surface area contributed by atoms with Crippen molar-refractivity contribution in [3.05, 3.63) is 0 Å². The number of hydrogen-bond acceptors (Lipinski definition) is 3. The van der Waals surface area contributed by atoms with E-state index >= 15 is 0 Å². The molecule has 2 N–H and O–H groups in total. The molecule has 0 saturated heterocycles. The van der Waals surface area contributed by atoms with Gasteiger partial charge in [-0.3, -0.25) is 4.79 Å². The topological polar surface area (TPSA) is 57.5 Å². The highest BCUT2D eigenvalue weighted by molar-refractivity contribution is 6.45. The zero-order chi connectivity index (χ0) is 6.15. The highest BCUT2D eigenvalue weighted by atomic mass is 16.4. The van der Waals surface area contributed by atoms with Crippen LogP contribution in [0, 0.1) is 0 Å². The second-order valence-corrected chi connectivity index (χ2v) is 2.12. The molecule has 0 aromatic heterocycles. The van der Waals surface area contributed by atoms with Crippen LogP contribution in [-0.4, -0.2) is 22.9 Å². The van der Waals surface area contributed by atoms with Gasteiger partial charge < -0.3 is 10.0 Å². The first-order valence-corrected chi connectivity index (χ1v) is 2.58. The molecule has 0 aliphatic heterocycles. The van der Waals surface area contributed by atoms with E-state index in [1.54, 1.807) is 0 Å². The fourth-order valence-corrected chi connectivity index (χ4v) is 0.736. The third-order valence-corrected chi connectivity index (χ3v) is 1.40. The van der Waals surface area contributed by atoms with E-state index in [9.17, 15) is 4.79 Å². The number of hydrogen-bond donors (Lipinski definition) is 2. The molecule has 0 heterocycles. The average Bonchev–Trinajstić information content (AvgIpc) is 1.57. The van der Waals surface area contributed by atoms with E-state index in [0.29, 0.717) is 12.8 Å². The van der Waals surface area contributed by atoms with Crippen molar-refractivity contribution in [2.75, 3.05) is 0 Å². The maximum atomic E-state index is 10.2. The van der Waals surface area contributed by atoms with E-state index in [0.717, 1.165) is 0 Å². The molecular formula is C4H7BO3. The second kappa shape index (κ2) is 1.87. The summed E-state index contributed by atoms with van der Waals surface area (Å²) in [6, 6.07) is 0. The lowest BCUT2D eigenvalue weighted by molar-refractivity contribution is -0.123. The van der Waals surface area contributed by atoms with Crippen LogP contribution < -0.4 is 0 Å². The number of carbonyl (C=O) groups excluding carboxylic acids is 1. The summed E-state index contributed by atoms with van der Waals surface area (Å²) in [6.45, 7) is 0. The van der Waals surface area contributed by atoms with E-state index < -0.39 is 7.12 Å². The van der Waals surface area contributed by atoms with Gasteiger partial charge in [0.2, 0.25) is 0 Å². The Balaban J connectivity index is 2.25. The molecule has 44 valence electrons. The van der Waals surface area contributed by atoms with Gasteiger partial charge in [0, 0.05) is 18.7 Å². The highest BCUT2D eigenvalue weighted by Gasteiger charge is 2.35. The minimum Gasteiger partial charge on any atom is -0.427 e. The smallest absolute Gasteiger partial charge is 0.427 e. The molecule has 0 radical (unpaired) electrons. The van der Waals surface area contributed by atoms with Crippen molar-refractivity contribution in [2.45, 2.75) is 18.7 Å². The minimum atomic E-state index is -1.28. The fourth-order valence-electron chi connectivity index (χ4n) is 0.736. The summed E-state index contributed by atoms with van der Waals surface area (Å²) in [5.41, 5.74) is 0. The summed E-state index contributed by atoms with van der Waals surface area (Å²) in [5.74, 6) is -0.0504. The third-order valence-electron chi connectivity index (χ3n) is 1.40. The Labute approximate surface area is 47.5 Å². The Morgan fingerprint density at radius 1 is 1.50 bits per heavy atom. The first kappa shape index (κ1) is 5.79. The van der Waals surface area contributed by atoms with Crippen LogP contribution in [0.2, 0.25) is 5.82 Å². The van der Waals surface area contributed by atoms with Gasteiger partial charge in [0.1, 0.15) is 5.78 Å². The monoisotopic (exact) mass is 114 g/mol. The maximum absolute atomic E-state index is 10.2. The summed E-state index contributed by atoms with van der Waals surface area (Å²) >= 11 is 0. The number of Topliss-reactive ketones (excluding diaryl/α,β-unsaturated/α-hetero) is 1. The molecule has 0 bridgehead atoms. The lowest BCUT2D eigenvalue weighted by Gasteiger charge is -2.21. The van der Waals surface area contributed by atoms with Crippen molar-refractivity contribution in [3.8, 4) is 0 Å². The normalized spacial score (nSPS) is 20.5. The molecule has 0 spiro atoms.